The van der Waals surface area contributed by atoms with E-state index in [1.54, 1.807) is 18.2 Å². The second kappa shape index (κ2) is 10.3. The van der Waals surface area contributed by atoms with Crippen molar-refractivity contribution in [2.24, 2.45) is 0 Å². The van der Waals surface area contributed by atoms with Crippen LogP contribution in [0.4, 0.5) is 11.8 Å². The Bertz CT molecular complexity index is 888. The van der Waals surface area contributed by atoms with Gasteiger partial charge in [-0.3, -0.25) is 4.90 Å². The highest BCUT2D eigenvalue weighted by Gasteiger charge is 2.24. The highest BCUT2D eigenvalue weighted by Crippen LogP contribution is 2.34. The number of ether oxygens (including phenoxy) is 1. The molecule has 1 aliphatic heterocycles. The Kier molecular flexibility index (Phi) is 7.45. The summed E-state index contributed by atoms with van der Waals surface area (Å²) in [6.07, 6.45) is 4.55. The van der Waals surface area contributed by atoms with Crippen molar-refractivity contribution in [1.29, 1.82) is 0 Å². The zero-order valence-electron chi connectivity index (χ0n) is 17.4. The zero-order chi connectivity index (χ0) is 21.8. The molecule has 0 amide bonds. The lowest BCUT2D eigenvalue weighted by molar-refractivity contribution is -0.0188. The topological polar surface area (TPSA) is 101 Å². The van der Waals surface area contributed by atoms with E-state index in [0.29, 0.717) is 46.5 Å². The van der Waals surface area contributed by atoms with Gasteiger partial charge in [-0.1, -0.05) is 48.2 Å². The Hall–Kier alpha value is -1.71. The Morgan fingerprint density at radius 1 is 1.13 bits per heavy atom. The quantitative estimate of drug-likeness (QED) is 0.641. The average Bonchev–Trinajstić information content (AvgIpc) is 3.29. The molecular formula is C21H28Cl2N6O2. The second-order valence-corrected chi connectivity index (χ2v) is 8.91. The van der Waals surface area contributed by atoms with Crippen LogP contribution < -0.4 is 10.6 Å². The van der Waals surface area contributed by atoms with Gasteiger partial charge in [0.15, 0.2) is 5.82 Å². The number of hydrogen-bond acceptors (Lipinski definition) is 8. The first-order valence-corrected chi connectivity index (χ1v) is 11.5. The summed E-state index contributed by atoms with van der Waals surface area (Å²) in [4.78, 5) is 8.72. The van der Waals surface area contributed by atoms with Crippen molar-refractivity contribution >= 4 is 35.0 Å². The number of β-amino-alcohol motifs (C(OH)–C–C–N with tert-alkyl or cyclic N) is 1. The molecule has 0 spiro atoms. The van der Waals surface area contributed by atoms with Crippen LogP contribution in [-0.2, 0) is 4.74 Å². The molecule has 31 heavy (non-hydrogen) atoms. The number of aliphatic hydroxyl groups excluding tert-OH is 1. The Morgan fingerprint density at radius 2 is 1.87 bits per heavy atom. The van der Waals surface area contributed by atoms with Crippen LogP contribution in [0.1, 0.15) is 25.7 Å². The molecule has 1 saturated carbocycles. The molecule has 8 nitrogen and oxygen atoms in total. The van der Waals surface area contributed by atoms with Crippen molar-refractivity contribution in [3.63, 3.8) is 0 Å². The number of halogens is 2. The van der Waals surface area contributed by atoms with Crippen LogP contribution in [0, 0.1) is 0 Å². The van der Waals surface area contributed by atoms with Crippen LogP contribution in [-0.4, -0.2) is 76.7 Å². The summed E-state index contributed by atoms with van der Waals surface area (Å²) >= 11 is 12.4. The molecule has 1 saturated heterocycles. The monoisotopic (exact) mass is 466 g/mol. The van der Waals surface area contributed by atoms with Crippen LogP contribution in [0.25, 0.3) is 11.3 Å². The summed E-state index contributed by atoms with van der Waals surface area (Å²) < 4.78 is 5.83. The van der Waals surface area contributed by atoms with Gasteiger partial charge in [-0.25, -0.2) is 0 Å². The summed E-state index contributed by atoms with van der Waals surface area (Å²) in [7, 11) is 0. The molecule has 2 aliphatic rings. The van der Waals surface area contributed by atoms with Crippen LogP contribution in [0.15, 0.2) is 18.2 Å². The highest BCUT2D eigenvalue weighted by molar-refractivity contribution is 6.43. The zero-order valence-corrected chi connectivity index (χ0v) is 18.9. The van der Waals surface area contributed by atoms with Crippen molar-refractivity contribution < 1.29 is 9.84 Å². The lowest BCUT2D eigenvalue weighted by Gasteiger charge is -2.35. The fourth-order valence-electron chi connectivity index (χ4n) is 4.12. The van der Waals surface area contributed by atoms with Gasteiger partial charge < -0.3 is 20.5 Å². The first-order chi connectivity index (χ1) is 15.0. The van der Waals surface area contributed by atoms with E-state index in [9.17, 15) is 5.11 Å². The van der Waals surface area contributed by atoms with Gasteiger partial charge in [0.2, 0.25) is 5.95 Å². The summed E-state index contributed by atoms with van der Waals surface area (Å²) in [5, 5.41) is 19.6. The highest BCUT2D eigenvalue weighted by atomic mass is 35.5. The fraction of sp³-hybridized carbons (Fsp3) is 0.571. The summed E-state index contributed by atoms with van der Waals surface area (Å²) in [5.41, 5.74) is 7.18. The third-order valence-electron chi connectivity index (χ3n) is 5.86. The van der Waals surface area contributed by atoms with Crippen LogP contribution >= 0.6 is 23.2 Å². The van der Waals surface area contributed by atoms with E-state index >= 15 is 0 Å². The number of nitrogens with two attached hydrogens (primary N) is 1. The molecule has 2 heterocycles. The average molecular weight is 467 g/mol. The summed E-state index contributed by atoms with van der Waals surface area (Å²) in [6, 6.07) is 5.28. The minimum absolute atomic E-state index is 0.260. The van der Waals surface area contributed by atoms with Gasteiger partial charge in [0.25, 0.3) is 0 Å². The largest absolute Gasteiger partial charge is 0.389 e. The first-order valence-electron chi connectivity index (χ1n) is 10.7. The number of benzene rings is 1. The minimum atomic E-state index is -0.470. The molecule has 2 fully saturated rings. The SMILES string of the molecule is Nc1nc(N2CCN(C[C@H](O)COC3CCCC3)CC2)nnc1-c1cccc(Cl)c1Cl. The molecule has 0 bridgehead atoms. The van der Waals surface area contributed by atoms with E-state index in [4.69, 9.17) is 33.7 Å². The van der Waals surface area contributed by atoms with Crippen LogP contribution in [0.5, 0.6) is 0 Å². The van der Waals surface area contributed by atoms with Crippen LogP contribution in [0.2, 0.25) is 10.0 Å². The molecule has 2 aromatic rings. The Labute approximate surface area is 192 Å². The molecule has 4 rings (SSSR count). The number of nitrogen functional groups attached to an aromatic ring is 1. The molecule has 1 aromatic carbocycles. The Morgan fingerprint density at radius 3 is 2.58 bits per heavy atom. The predicted octanol–water partition coefficient (Wildman–Crippen LogP) is 2.87. The number of aromatic nitrogens is 3. The molecule has 1 atom stereocenters. The molecule has 0 unspecified atom stereocenters. The van der Waals surface area contributed by atoms with E-state index in [2.05, 4.69) is 20.1 Å². The number of anilines is 2. The van der Waals surface area contributed by atoms with Crippen molar-refractivity contribution in [3.05, 3.63) is 28.2 Å². The van der Waals surface area contributed by atoms with E-state index in [0.717, 1.165) is 39.0 Å². The second-order valence-electron chi connectivity index (χ2n) is 8.13. The van der Waals surface area contributed by atoms with Crippen molar-refractivity contribution in [2.45, 2.75) is 37.9 Å². The molecule has 1 aromatic heterocycles. The number of rotatable bonds is 7. The molecule has 0 radical (unpaired) electrons. The van der Waals surface area contributed by atoms with Gasteiger partial charge in [0.05, 0.1) is 28.9 Å². The van der Waals surface area contributed by atoms with Gasteiger partial charge in [-0.2, -0.15) is 4.98 Å². The van der Waals surface area contributed by atoms with E-state index in [1.807, 2.05) is 4.90 Å². The lowest BCUT2D eigenvalue weighted by atomic mass is 10.1. The van der Waals surface area contributed by atoms with Gasteiger partial charge >= 0.3 is 0 Å². The van der Waals surface area contributed by atoms with Gasteiger partial charge in [0.1, 0.15) is 5.69 Å². The maximum atomic E-state index is 10.3. The number of aliphatic hydroxyl groups is 1. The number of hydrogen-bond donors (Lipinski definition) is 2. The third kappa shape index (κ3) is 5.56. The van der Waals surface area contributed by atoms with Gasteiger partial charge in [-0.15, -0.1) is 10.2 Å². The summed E-state index contributed by atoms with van der Waals surface area (Å²) in [5.74, 6) is 0.750. The summed E-state index contributed by atoms with van der Waals surface area (Å²) in [6.45, 7) is 4.07. The molecule has 1 aliphatic carbocycles. The maximum Gasteiger partial charge on any atom is 0.247 e. The van der Waals surface area contributed by atoms with Crippen molar-refractivity contribution in [3.8, 4) is 11.3 Å². The van der Waals surface area contributed by atoms with E-state index < -0.39 is 6.10 Å². The van der Waals surface area contributed by atoms with Gasteiger partial charge in [-0.05, 0) is 18.9 Å². The fourth-order valence-corrected chi connectivity index (χ4v) is 4.51. The maximum absolute atomic E-state index is 10.3. The molecule has 168 valence electrons. The van der Waals surface area contributed by atoms with Crippen LogP contribution in [0.3, 0.4) is 0 Å². The number of piperazine rings is 1. The normalized spacial score (nSPS) is 19.1. The van der Waals surface area contributed by atoms with Gasteiger partial charge in [0, 0.05) is 38.3 Å². The molecular weight excluding hydrogens is 439 g/mol. The van der Waals surface area contributed by atoms with E-state index in [1.165, 1.54) is 12.8 Å². The molecule has 10 heteroatoms. The standard InChI is InChI=1S/C21H28Cl2N6O2/c22-17-7-3-6-16(18(17)23)19-20(24)25-21(27-26-19)29-10-8-28(9-11-29)12-14(30)13-31-15-4-1-2-5-15/h3,6-7,14-15,30H,1-2,4-5,8-13H2,(H2,24,25,27)/t14-/m0/s1. The van der Waals surface area contributed by atoms with E-state index in [-0.39, 0.29) is 5.82 Å². The van der Waals surface area contributed by atoms with Crippen molar-refractivity contribution in [1.82, 2.24) is 20.1 Å². The van der Waals surface area contributed by atoms with Crippen molar-refractivity contribution in [2.75, 3.05) is 50.0 Å². The third-order valence-corrected chi connectivity index (χ3v) is 6.68. The smallest absolute Gasteiger partial charge is 0.247 e. The predicted molar refractivity (Wildman–Crippen MR) is 123 cm³/mol. The lowest BCUT2D eigenvalue weighted by Crippen LogP contribution is -2.49. The first kappa shape index (κ1) is 22.5. The number of nitrogens with zero attached hydrogens (tertiary/aromatic N) is 5. The Balaban J connectivity index is 1.30. The minimum Gasteiger partial charge on any atom is -0.389 e. The molecule has 3 N–H and O–H groups in total.